The molecule has 0 bridgehead atoms. The van der Waals surface area contributed by atoms with Gasteiger partial charge in [0.15, 0.2) is 0 Å². The van der Waals surface area contributed by atoms with E-state index < -0.39 is 0 Å². The first-order valence-electron chi connectivity index (χ1n) is 6.23. The van der Waals surface area contributed by atoms with E-state index in [0.29, 0.717) is 12.5 Å². The second-order valence-corrected chi connectivity index (χ2v) is 4.58. The predicted molar refractivity (Wildman–Crippen MR) is 68.9 cm³/mol. The Balaban J connectivity index is 1.95. The molecule has 1 aliphatic heterocycles. The third-order valence-corrected chi connectivity index (χ3v) is 3.34. The highest BCUT2D eigenvalue weighted by Gasteiger charge is 2.19. The van der Waals surface area contributed by atoms with Gasteiger partial charge in [0.25, 0.3) is 0 Å². The third kappa shape index (κ3) is 3.17. The highest BCUT2D eigenvalue weighted by atomic mass is 16.5. The monoisotopic (exact) mass is 235 g/mol. The van der Waals surface area contributed by atoms with Gasteiger partial charge in [0.1, 0.15) is 5.82 Å². The number of rotatable bonds is 4. The summed E-state index contributed by atoms with van der Waals surface area (Å²) in [5.41, 5.74) is 6.57. The molecular formula is C13H21N3O. The Hall–Kier alpha value is -1.13. The number of nitrogens with two attached hydrogens (primary N) is 1. The van der Waals surface area contributed by atoms with Gasteiger partial charge in [-0.25, -0.2) is 4.98 Å². The van der Waals surface area contributed by atoms with E-state index in [9.17, 15) is 0 Å². The van der Waals surface area contributed by atoms with Gasteiger partial charge in [0.05, 0.1) is 5.69 Å². The Morgan fingerprint density at radius 3 is 2.82 bits per heavy atom. The molecule has 0 amide bonds. The number of ether oxygens (including phenoxy) is 1. The van der Waals surface area contributed by atoms with E-state index in [2.05, 4.69) is 16.0 Å². The van der Waals surface area contributed by atoms with Crippen molar-refractivity contribution >= 4 is 5.82 Å². The van der Waals surface area contributed by atoms with E-state index in [0.717, 1.165) is 31.2 Å². The summed E-state index contributed by atoms with van der Waals surface area (Å²) in [6.45, 7) is 3.52. The van der Waals surface area contributed by atoms with Crippen LogP contribution < -0.4 is 10.6 Å². The van der Waals surface area contributed by atoms with Gasteiger partial charge in [-0.15, -0.1) is 0 Å². The maximum absolute atomic E-state index is 5.61. The summed E-state index contributed by atoms with van der Waals surface area (Å²) in [5.74, 6) is 1.76. The van der Waals surface area contributed by atoms with Crippen molar-refractivity contribution in [1.82, 2.24) is 4.98 Å². The van der Waals surface area contributed by atoms with E-state index in [1.807, 2.05) is 12.1 Å². The van der Waals surface area contributed by atoms with Crippen molar-refractivity contribution in [2.24, 2.45) is 11.7 Å². The van der Waals surface area contributed by atoms with Gasteiger partial charge < -0.3 is 15.4 Å². The van der Waals surface area contributed by atoms with Crippen molar-refractivity contribution in [3.63, 3.8) is 0 Å². The molecule has 0 atom stereocenters. The molecule has 1 aromatic heterocycles. The summed E-state index contributed by atoms with van der Waals surface area (Å²) >= 11 is 0. The maximum atomic E-state index is 5.61. The smallest absolute Gasteiger partial charge is 0.128 e. The van der Waals surface area contributed by atoms with Crippen molar-refractivity contribution in [2.45, 2.75) is 19.4 Å². The van der Waals surface area contributed by atoms with Crippen LogP contribution in [0.2, 0.25) is 0 Å². The number of hydrogen-bond donors (Lipinski definition) is 1. The Kier molecular flexibility index (Phi) is 4.34. The molecule has 17 heavy (non-hydrogen) atoms. The molecule has 94 valence electrons. The molecule has 1 aliphatic rings. The van der Waals surface area contributed by atoms with Crippen LogP contribution in [0.15, 0.2) is 18.2 Å². The summed E-state index contributed by atoms with van der Waals surface area (Å²) in [5, 5.41) is 0. The van der Waals surface area contributed by atoms with Crippen molar-refractivity contribution in [3.8, 4) is 0 Å². The lowest BCUT2D eigenvalue weighted by molar-refractivity contribution is 0.139. The standard InChI is InChI=1S/C13H21N3O/c1-17-10-11-5-7-16(8-6-11)13-4-2-3-12(9-14)15-13/h2-4,11H,5-10,14H2,1H3. The molecule has 0 aromatic carbocycles. The molecule has 0 spiro atoms. The van der Waals surface area contributed by atoms with Crippen molar-refractivity contribution in [2.75, 3.05) is 31.7 Å². The zero-order valence-electron chi connectivity index (χ0n) is 10.4. The Labute approximate surface area is 103 Å². The van der Waals surface area contributed by atoms with Crippen LogP contribution in [0.25, 0.3) is 0 Å². The number of methoxy groups -OCH3 is 1. The number of hydrogen-bond acceptors (Lipinski definition) is 4. The van der Waals surface area contributed by atoms with Gasteiger partial charge >= 0.3 is 0 Å². The summed E-state index contributed by atoms with van der Waals surface area (Å²) in [6, 6.07) is 6.07. The van der Waals surface area contributed by atoms with Gasteiger partial charge in [0, 0.05) is 33.4 Å². The molecule has 2 N–H and O–H groups in total. The quantitative estimate of drug-likeness (QED) is 0.857. The van der Waals surface area contributed by atoms with Crippen LogP contribution >= 0.6 is 0 Å². The van der Waals surface area contributed by atoms with E-state index in [1.54, 1.807) is 7.11 Å². The molecular weight excluding hydrogens is 214 g/mol. The van der Waals surface area contributed by atoms with Crippen LogP contribution in [0.5, 0.6) is 0 Å². The molecule has 0 saturated carbocycles. The zero-order valence-corrected chi connectivity index (χ0v) is 10.4. The van der Waals surface area contributed by atoms with Crippen LogP contribution in [-0.4, -0.2) is 31.8 Å². The third-order valence-electron chi connectivity index (χ3n) is 3.34. The van der Waals surface area contributed by atoms with Gasteiger partial charge in [-0.05, 0) is 30.9 Å². The van der Waals surface area contributed by atoms with Gasteiger partial charge in [0.2, 0.25) is 0 Å². The summed E-state index contributed by atoms with van der Waals surface area (Å²) in [6.07, 6.45) is 2.37. The molecule has 1 saturated heterocycles. The molecule has 4 heteroatoms. The molecule has 1 fully saturated rings. The van der Waals surface area contributed by atoms with Gasteiger partial charge in [-0.1, -0.05) is 6.07 Å². The fourth-order valence-corrected chi connectivity index (χ4v) is 2.32. The highest BCUT2D eigenvalue weighted by molar-refractivity contribution is 5.39. The van der Waals surface area contributed by atoms with Crippen molar-refractivity contribution in [3.05, 3.63) is 23.9 Å². The molecule has 0 unspecified atom stereocenters. The minimum Gasteiger partial charge on any atom is -0.384 e. The fourth-order valence-electron chi connectivity index (χ4n) is 2.32. The minimum absolute atomic E-state index is 0.508. The van der Waals surface area contributed by atoms with Crippen LogP contribution in [0.3, 0.4) is 0 Å². The maximum Gasteiger partial charge on any atom is 0.128 e. The number of pyridine rings is 1. The zero-order chi connectivity index (χ0) is 12.1. The van der Waals surface area contributed by atoms with Crippen LogP contribution in [0.1, 0.15) is 18.5 Å². The highest BCUT2D eigenvalue weighted by Crippen LogP contribution is 2.22. The summed E-state index contributed by atoms with van der Waals surface area (Å²) < 4.78 is 5.21. The molecule has 4 nitrogen and oxygen atoms in total. The first kappa shape index (κ1) is 12.3. The Morgan fingerprint density at radius 1 is 1.41 bits per heavy atom. The van der Waals surface area contributed by atoms with E-state index in [4.69, 9.17) is 10.5 Å². The number of anilines is 1. The summed E-state index contributed by atoms with van der Waals surface area (Å²) in [7, 11) is 1.78. The lowest BCUT2D eigenvalue weighted by Crippen LogP contribution is -2.35. The van der Waals surface area contributed by atoms with Gasteiger partial charge in [-0.3, -0.25) is 0 Å². The summed E-state index contributed by atoms with van der Waals surface area (Å²) in [4.78, 5) is 6.89. The first-order valence-corrected chi connectivity index (χ1v) is 6.23. The second-order valence-electron chi connectivity index (χ2n) is 4.58. The van der Waals surface area contributed by atoms with Crippen LogP contribution in [0.4, 0.5) is 5.82 Å². The normalized spacial score (nSPS) is 17.4. The van der Waals surface area contributed by atoms with Crippen LogP contribution in [0, 0.1) is 5.92 Å². The van der Waals surface area contributed by atoms with Gasteiger partial charge in [-0.2, -0.15) is 0 Å². The second kappa shape index (κ2) is 5.98. The lowest BCUT2D eigenvalue weighted by atomic mass is 9.98. The average molecular weight is 235 g/mol. The fraction of sp³-hybridized carbons (Fsp3) is 0.615. The first-order chi connectivity index (χ1) is 8.33. The number of nitrogens with zero attached hydrogens (tertiary/aromatic N) is 2. The topological polar surface area (TPSA) is 51.4 Å². The minimum atomic E-state index is 0.508. The Bertz CT molecular complexity index is 348. The largest absolute Gasteiger partial charge is 0.384 e. The molecule has 2 heterocycles. The van der Waals surface area contributed by atoms with Crippen molar-refractivity contribution < 1.29 is 4.74 Å². The SMILES string of the molecule is COCC1CCN(c2cccc(CN)n2)CC1. The van der Waals surface area contributed by atoms with E-state index in [1.165, 1.54) is 12.8 Å². The van der Waals surface area contributed by atoms with E-state index >= 15 is 0 Å². The van der Waals surface area contributed by atoms with Crippen molar-refractivity contribution in [1.29, 1.82) is 0 Å². The lowest BCUT2D eigenvalue weighted by Gasteiger charge is -2.32. The molecule has 0 aliphatic carbocycles. The van der Waals surface area contributed by atoms with Crippen LogP contribution in [-0.2, 0) is 11.3 Å². The Morgan fingerprint density at radius 2 is 2.18 bits per heavy atom. The molecule has 0 radical (unpaired) electrons. The number of aromatic nitrogens is 1. The van der Waals surface area contributed by atoms with E-state index in [-0.39, 0.29) is 0 Å². The average Bonchev–Trinajstić information content (AvgIpc) is 2.40. The molecule has 1 aromatic rings. The predicted octanol–water partition coefficient (Wildman–Crippen LogP) is 1.40. The molecule has 2 rings (SSSR count). The number of piperidine rings is 1.